The minimum atomic E-state index is -0.246. The largest absolute Gasteiger partial charge is 0.381 e. The SMILES string of the molecule is COC1CCC(NC(=O)NC2NC(C)CC(NCCN)N2)CC1. The second-order valence-corrected chi connectivity index (χ2v) is 6.53. The van der Waals surface area contributed by atoms with Gasteiger partial charge in [0.15, 0.2) is 0 Å². The molecule has 2 rings (SSSR count). The molecule has 2 aliphatic rings. The van der Waals surface area contributed by atoms with Crippen molar-refractivity contribution in [3.8, 4) is 0 Å². The fraction of sp³-hybridized carbons (Fsp3) is 0.933. The van der Waals surface area contributed by atoms with E-state index in [0.717, 1.165) is 38.6 Å². The Morgan fingerprint density at radius 3 is 2.61 bits per heavy atom. The molecule has 8 heteroatoms. The van der Waals surface area contributed by atoms with Gasteiger partial charge in [0.2, 0.25) is 0 Å². The van der Waals surface area contributed by atoms with Gasteiger partial charge in [-0.1, -0.05) is 0 Å². The highest BCUT2D eigenvalue weighted by molar-refractivity contribution is 5.74. The van der Waals surface area contributed by atoms with Crippen LogP contribution in [0.1, 0.15) is 39.0 Å². The molecule has 1 aliphatic carbocycles. The van der Waals surface area contributed by atoms with Crippen molar-refractivity contribution in [2.45, 2.75) is 69.7 Å². The zero-order valence-corrected chi connectivity index (χ0v) is 14.2. The lowest BCUT2D eigenvalue weighted by atomic mass is 9.93. The lowest BCUT2D eigenvalue weighted by Crippen LogP contribution is -2.68. The van der Waals surface area contributed by atoms with Gasteiger partial charge in [0.05, 0.1) is 12.3 Å². The molecule has 1 saturated heterocycles. The van der Waals surface area contributed by atoms with Gasteiger partial charge in [0.25, 0.3) is 0 Å². The van der Waals surface area contributed by atoms with E-state index in [4.69, 9.17) is 10.5 Å². The smallest absolute Gasteiger partial charge is 0.317 e. The van der Waals surface area contributed by atoms with E-state index in [2.05, 4.69) is 33.5 Å². The Hall–Kier alpha value is -0.930. The highest BCUT2D eigenvalue weighted by Gasteiger charge is 2.27. The quantitative estimate of drug-likeness (QED) is 0.387. The number of carbonyl (C=O) groups is 1. The fourth-order valence-corrected chi connectivity index (χ4v) is 3.31. The van der Waals surface area contributed by atoms with Crippen LogP contribution in [0.2, 0.25) is 0 Å². The first-order valence-corrected chi connectivity index (χ1v) is 8.66. The molecule has 1 heterocycles. The molecule has 0 bridgehead atoms. The molecule has 1 saturated carbocycles. The summed E-state index contributed by atoms with van der Waals surface area (Å²) in [4.78, 5) is 12.2. The number of hydrogen-bond donors (Lipinski definition) is 6. The third-order valence-electron chi connectivity index (χ3n) is 4.56. The Labute approximate surface area is 138 Å². The molecular weight excluding hydrogens is 296 g/mol. The lowest BCUT2D eigenvalue weighted by molar-refractivity contribution is 0.0633. The highest BCUT2D eigenvalue weighted by Crippen LogP contribution is 2.20. The van der Waals surface area contributed by atoms with Crippen LogP contribution in [-0.4, -0.2) is 56.9 Å². The molecule has 134 valence electrons. The van der Waals surface area contributed by atoms with Crippen molar-refractivity contribution in [1.82, 2.24) is 26.6 Å². The summed E-state index contributed by atoms with van der Waals surface area (Å²) in [6.07, 6.45) is 5.13. The van der Waals surface area contributed by atoms with Crippen LogP contribution in [0.3, 0.4) is 0 Å². The van der Waals surface area contributed by atoms with Gasteiger partial charge in [-0.15, -0.1) is 0 Å². The predicted molar refractivity (Wildman–Crippen MR) is 89.7 cm³/mol. The van der Waals surface area contributed by atoms with Gasteiger partial charge >= 0.3 is 6.03 Å². The standard InChI is InChI=1S/C15H32N6O2/c1-10-9-13(17-8-7-16)20-14(18-10)21-15(22)19-11-3-5-12(23-2)6-4-11/h10-14,17-18,20H,3-9,16H2,1-2H3,(H2,19,21,22). The van der Waals surface area contributed by atoms with E-state index >= 15 is 0 Å². The van der Waals surface area contributed by atoms with Gasteiger partial charge in [0.1, 0.15) is 6.29 Å². The normalized spacial score (nSPS) is 34.8. The third kappa shape index (κ3) is 6.23. The molecule has 2 amide bonds. The second kappa shape index (κ2) is 9.39. The number of ether oxygens (including phenoxy) is 1. The minimum absolute atomic E-state index is 0.137. The molecule has 3 unspecified atom stereocenters. The summed E-state index contributed by atoms with van der Waals surface area (Å²) in [5.41, 5.74) is 5.53. The van der Waals surface area contributed by atoms with Crippen LogP contribution >= 0.6 is 0 Å². The van der Waals surface area contributed by atoms with Crippen molar-refractivity contribution in [3.63, 3.8) is 0 Å². The molecular formula is C15H32N6O2. The maximum Gasteiger partial charge on any atom is 0.317 e. The molecule has 23 heavy (non-hydrogen) atoms. The number of rotatable bonds is 6. The molecule has 0 aromatic rings. The first-order valence-electron chi connectivity index (χ1n) is 8.66. The zero-order valence-electron chi connectivity index (χ0n) is 14.2. The van der Waals surface area contributed by atoms with Gasteiger partial charge < -0.3 is 26.4 Å². The van der Waals surface area contributed by atoms with Crippen LogP contribution in [-0.2, 0) is 4.74 Å². The molecule has 2 fully saturated rings. The Morgan fingerprint density at radius 1 is 1.22 bits per heavy atom. The van der Waals surface area contributed by atoms with E-state index in [1.807, 2.05) is 0 Å². The Kier molecular flexibility index (Phi) is 7.51. The van der Waals surface area contributed by atoms with E-state index in [1.165, 1.54) is 0 Å². The van der Waals surface area contributed by atoms with Gasteiger partial charge in [-0.3, -0.25) is 10.6 Å². The van der Waals surface area contributed by atoms with E-state index in [1.54, 1.807) is 7.11 Å². The summed E-state index contributed by atoms with van der Waals surface area (Å²) in [5.74, 6) is 0. The number of nitrogens with one attached hydrogen (secondary N) is 5. The highest BCUT2D eigenvalue weighted by atomic mass is 16.5. The molecule has 0 spiro atoms. The summed E-state index contributed by atoms with van der Waals surface area (Å²) in [6, 6.07) is 0.407. The number of carbonyl (C=O) groups excluding carboxylic acids is 1. The number of methoxy groups -OCH3 is 1. The maximum atomic E-state index is 12.2. The van der Waals surface area contributed by atoms with Gasteiger partial charge in [-0.2, -0.15) is 0 Å². The summed E-state index contributed by atoms with van der Waals surface area (Å²) in [5, 5.41) is 16.0. The predicted octanol–water partition coefficient (Wildman–Crippen LogP) is -0.627. The molecule has 3 atom stereocenters. The van der Waals surface area contributed by atoms with Crippen molar-refractivity contribution < 1.29 is 9.53 Å². The van der Waals surface area contributed by atoms with Gasteiger partial charge in [-0.05, 0) is 39.0 Å². The summed E-state index contributed by atoms with van der Waals surface area (Å²) >= 11 is 0. The van der Waals surface area contributed by atoms with Gasteiger partial charge in [-0.25, -0.2) is 4.79 Å². The topological polar surface area (TPSA) is 112 Å². The lowest BCUT2D eigenvalue weighted by Gasteiger charge is -2.37. The third-order valence-corrected chi connectivity index (χ3v) is 4.56. The van der Waals surface area contributed by atoms with E-state index < -0.39 is 0 Å². The second-order valence-electron chi connectivity index (χ2n) is 6.53. The summed E-state index contributed by atoms with van der Waals surface area (Å²) in [6.45, 7) is 3.46. The Bertz CT molecular complexity index is 362. The van der Waals surface area contributed by atoms with Crippen LogP contribution in [0, 0.1) is 0 Å². The first kappa shape index (κ1) is 18.4. The van der Waals surface area contributed by atoms with E-state index in [-0.39, 0.29) is 24.5 Å². The zero-order chi connectivity index (χ0) is 16.7. The van der Waals surface area contributed by atoms with Crippen LogP contribution in [0.4, 0.5) is 4.79 Å². The summed E-state index contributed by atoms with van der Waals surface area (Å²) < 4.78 is 5.36. The number of amides is 2. The number of urea groups is 1. The molecule has 0 aromatic heterocycles. The summed E-state index contributed by atoms with van der Waals surface area (Å²) in [7, 11) is 1.75. The number of nitrogens with two attached hydrogens (primary N) is 1. The molecule has 0 radical (unpaired) electrons. The Balaban J connectivity index is 1.71. The minimum Gasteiger partial charge on any atom is -0.381 e. The average Bonchev–Trinajstić information content (AvgIpc) is 2.53. The van der Waals surface area contributed by atoms with Crippen molar-refractivity contribution >= 4 is 6.03 Å². The number of hydrogen-bond acceptors (Lipinski definition) is 6. The van der Waals surface area contributed by atoms with Crippen molar-refractivity contribution in [1.29, 1.82) is 0 Å². The van der Waals surface area contributed by atoms with Crippen molar-refractivity contribution in [2.75, 3.05) is 20.2 Å². The molecule has 8 nitrogen and oxygen atoms in total. The molecule has 7 N–H and O–H groups in total. The molecule has 1 aliphatic heterocycles. The van der Waals surface area contributed by atoms with Crippen molar-refractivity contribution in [3.05, 3.63) is 0 Å². The van der Waals surface area contributed by atoms with Crippen LogP contribution in [0.15, 0.2) is 0 Å². The van der Waals surface area contributed by atoms with Gasteiger partial charge in [0, 0.05) is 32.3 Å². The van der Waals surface area contributed by atoms with Crippen molar-refractivity contribution in [2.24, 2.45) is 5.73 Å². The van der Waals surface area contributed by atoms with Crippen LogP contribution < -0.4 is 32.3 Å². The fourth-order valence-electron chi connectivity index (χ4n) is 3.31. The monoisotopic (exact) mass is 328 g/mol. The van der Waals surface area contributed by atoms with Crippen LogP contribution in [0.5, 0.6) is 0 Å². The maximum absolute atomic E-state index is 12.2. The molecule has 0 aromatic carbocycles. The average molecular weight is 328 g/mol. The first-order chi connectivity index (χ1) is 11.1. The van der Waals surface area contributed by atoms with E-state index in [9.17, 15) is 4.79 Å². The van der Waals surface area contributed by atoms with Crippen LogP contribution in [0.25, 0.3) is 0 Å². The Morgan fingerprint density at radius 2 is 1.96 bits per heavy atom. The van der Waals surface area contributed by atoms with E-state index in [0.29, 0.717) is 18.7 Å².